The van der Waals surface area contributed by atoms with Crippen molar-refractivity contribution < 1.29 is 9.47 Å². The third-order valence-electron chi connectivity index (χ3n) is 3.22. The van der Waals surface area contributed by atoms with Crippen LogP contribution in [0.2, 0.25) is 0 Å². The first-order valence-electron chi connectivity index (χ1n) is 6.01. The van der Waals surface area contributed by atoms with Gasteiger partial charge in [0, 0.05) is 11.8 Å². The molecule has 0 saturated heterocycles. The largest absolute Gasteiger partial charge is 0.496 e. The molecule has 2 aromatic rings. The molecule has 1 unspecified atom stereocenters. The van der Waals surface area contributed by atoms with E-state index in [2.05, 4.69) is 4.98 Å². The number of rotatable bonds is 4. The lowest BCUT2D eigenvalue weighted by Crippen LogP contribution is -2.34. The van der Waals surface area contributed by atoms with E-state index in [1.54, 1.807) is 26.6 Å². The van der Waals surface area contributed by atoms with Gasteiger partial charge in [0.25, 0.3) is 0 Å². The summed E-state index contributed by atoms with van der Waals surface area (Å²) < 4.78 is 10.6. The molecule has 0 spiro atoms. The summed E-state index contributed by atoms with van der Waals surface area (Å²) in [7, 11) is 3.25. The smallest absolute Gasteiger partial charge is 0.137 e. The van der Waals surface area contributed by atoms with E-state index in [4.69, 9.17) is 15.2 Å². The number of ether oxygens (including phenoxy) is 2. The maximum absolute atomic E-state index is 6.48. The van der Waals surface area contributed by atoms with Gasteiger partial charge in [0.1, 0.15) is 11.5 Å². The van der Waals surface area contributed by atoms with E-state index in [9.17, 15) is 0 Å². The molecule has 0 fully saturated rings. The zero-order valence-corrected chi connectivity index (χ0v) is 11.4. The van der Waals surface area contributed by atoms with Crippen LogP contribution in [0, 0.1) is 0 Å². The average molecular weight is 258 g/mol. The number of nitrogens with zero attached hydrogens (tertiary/aromatic N) is 1. The van der Waals surface area contributed by atoms with Gasteiger partial charge in [0.2, 0.25) is 0 Å². The van der Waals surface area contributed by atoms with E-state index in [0.29, 0.717) is 5.75 Å². The number of pyridine rings is 1. The van der Waals surface area contributed by atoms with Crippen LogP contribution in [0.3, 0.4) is 0 Å². The first kappa shape index (κ1) is 13.4. The summed E-state index contributed by atoms with van der Waals surface area (Å²) in [5.41, 5.74) is 7.56. The normalized spacial score (nSPS) is 13.7. The molecule has 0 amide bonds. The Kier molecular flexibility index (Phi) is 3.71. The second-order valence-electron chi connectivity index (χ2n) is 4.52. The standard InChI is InChI=1S/C15H18N2O2/c1-15(16,11-8-12(18-2)10-17-9-11)13-6-4-5-7-14(13)19-3/h4-10H,16H2,1-3H3. The molecule has 0 aliphatic rings. The molecule has 1 heterocycles. The minimum atomic E-state index is -0.700. The fourth-order valence-electron chi connectivity index (χ4n) is 2.04. The fourth-order valence-corrected chi connectivity index (χ4v) is 2.04. The third-order valence-corrected chi connectivity index (χ3v) is 3.22. The minimum absolute atomic E-state index is 0.684. The molecule has 0 aliphatic heterocycles. The van der Waals surface area contributed by atoms with Crippen molar-refractivity contribution >= 4 is 0 Å². The maximum atomic E-state index is 6.48. The summed E-state index contributed by atoms with van der Waals surface area (Å²) in [5, 5.41) is 0. The molecule has 4 heteroatoms. The number of para-hydroxylation sites is 1. The Labute approximate surface area is 113 Å². The Morgan fingerprint density at radius 3 is 2.53 bits per heavy atom. The first-order chi connectivity index (χ1) is 9.09. The minimum Gasteiger partial charge on any atom is -0.496 e. The Balaban J connectivity index is 2.51. The Morgan fingerprint density at radius 1 is 1.11 bits per heavy atom. The Morgan fingerprint density at radius 2 is 1.84 bits per heavy atom. The summed E-state index contributed by atoms with van der Waals surface area (Å²) in [5.74, 6) is 1.44. The molecular weight excluding hydrogens is 240 g/mol. The van der Waals surface area contributed by atoms with E-state index in [-0.39, 0.29) is 0 Å². The second-order valence-corrected chi connectivity index (χ2v) is 4.52. The quantitative estimate of drug-likeness (QED) is 0.914. The second kappa shape index (κ2) is 5.28. The van der Waals surface area contributed by atoms with Crippen LogP contribution in [-0.4, -0.2) is 19.2 Å². The van der Waals surface area contributed by atoms with Crippen LogP contribution in [0.25, 0.3) is 0 Å². The van der Waals surface area contributed by atoms with Crippen LogP contribution in [0.15, 0.2) is 42.7 Å². The lowest BCUT2D eigenvalue weighted by Gasteiger charge is -2.27. The van der Waals surface area contributed by atoms with Crippen molar-refractivity contribution in [3.63, 3.8) is 0 Å². The zero-order valence-electron chi connectivity index (χ0n) is 11.4. The lowest BCUT2D eigenvalue weighted by molar-refractivity contribution is 0.396. The van der Waals surface area contributed by atoms with Gasteiger partial charge in [-0.3, -0.25) is 4.98 Å². The molecule has 0 radical (unpaired) electrons. The molecule has 1 aromatic heterocycles. The summed E-state index contributed by atoms with van der Waals surface area (Å²) in [6.45, 7) is 1.93. The monoisotopic (exact) mass is 258 g/mol. The molecule has 0 bridgehead atoms. The van der Waals surface area contributed by atoms with E-state index < -0.39 is 5.54 Å². The van der Waals surface area contributed by atoms with Crippen molar-refractivity contribution in [1.29, 1.82) is 0 Å². The number of hydrogen-bond acceptors (Lipinski definition) is 4. The van der Waals surface area contributed by atoms with Gasteiger partial charge in [-0.15, -0.1) is 0 Å². The van der Waals surface area contributed by atoms with Gasteiger partial charge in [0.15, 0.2) is 0 Å². The number of nitrogens with two attached hydrogens (primary N) is 1. The van der Waals surface area contributed by atoms with E-state index in [1.165, 1.54) is 0 Å². The molecule has 19 heavy (non-hydrogen) atoms. The predicted octanol–water partition coefficient (Wildman–Crippen LogP) is 2.32. The molecular formula is C15H18N2O2. The van der Waals surface area contributed by atoms with Gasteiger partial charge in [-0.2, -0.15) is 0 Å². The van der Waals surface area contributed by atoms with Crippen LogP contribution in [0.4, 0.5) is 0 Å². The zero-order chi connectivity index (χ0) is 13.9. The highest BCUT2D eigenvalue weighted by atomic mass is 16.5. The van der Waals surface area contributed by atoms with Crippen LogP contribution >= 0.6 is 0 Å². The summed E-state index contributed by atoms with van der Waals surface area (Å²) in [6, 6.07) is 9.60. The highest BCUT2D eigenvalue weighted by Gasteiger charge is 2.27. The molecule has 0 aliphatic carbocycles. The highest BCUT2D eigenvalue weighted by Crippen LogP contribution is 2.33. The van der Waals surface area contributed by atoms with Crippen molar-refractivity contribution in [3.05, 3.63) is 53.9 Å². The van der Waals surface area contributed by atoms with Crippen molar-refractivity contribution in [3.8, 4) is 11.5 Å². The van der Waals surface area contributed by atoms with Crippen molar-refractivity contribution in [2.24, 2.45) is 5.73 Å². The number of hydrogen-bond donors (Lipinski definition) is 1. The van der Waals surface area contributed by atoms with Crippen molar-refractivity contribution in [2.45, 2.75) is 12.5 Å². The average Bonchev–Trinajstić information content (AvgIpc) is 2.47. The number of aromatic nitrogens is 1. The van der Waals surface area contributed by atoms with E-state index >= 15 is 0 Å². The fraction of sp³-hybridized carbons (Fsp3) is 0.267. The third kappa shape index (κ3) is 2.53. The summed E-state index contributed by atoms with van der Waals surface area (Å²) in [4.78, 5) is 4.16. The lowest BCUT2D eigenvalue weighted by atomic mass is 9.86. The topological polar surface area (TPSA) is 57.4 Å². The van der Waals surface area contributed by atoms with Crippen molar-refractivity contribution in [2.75, 3.05) is 14.2 Å². The van der Waals surface area contributed by atoms with Crippen LogP contribution in [-0.2, 0) is 5.54 Å². The molecule has 1 aromatic carbocycles. The Bertz CT molecular complexity index is 568. The van der Waals surface area contributed by atoms with Gasteiger partial charge < -0.3 is 15.2 Å². The van der Waals surface area contributed by atoms with Crippen LogP contribution < -0.4 is 15.2 Å². The predicted molar refractivity (Wildman–Crippen MR) is 74.4 cm³/mol. The molecule has 4 nitrogen and oxygen atoms in total. The van der Waals surface area contributed by atoms with Crippen molar-refractivity contribution in [1.82, 2.24) is 4.98 Å². The Hall–Kier alpha value is -2.07. The van der Waals surface area contributed by atoms with Crippen LogP contribution in [0.5, 0.6) is 11.5 Å². The molecule has 1 atom stereocenters. The SMILES string of the molecule is COc1cncc(C(C)(N)c2ccccc2OC)c1. The number of benzene rings is 1. The molecule has 2 N–H and O–H groups in total. The molecule has 100 valence electrons. The van der Waals surface area contributed by atoms with Crippen LogP contribution in [0.1, 0.15) is 18.1 Å². The van der Waals surface area contributed by atoms with Gasteiger partial charge in [-0.25, -0.2) is 0 Å². The summed E-state index contributed by atoms with van der Waals surface area (Å²) >= 11 is 0. The van der Waals surface area contributed by atoms with Gasteiger partial charge >= 0.3 is 0 Å². The maximum Gasteiger partial charge on any atom is 0.137 e. The summed E-state index contributed by atoms with van der Waals surface area (Å²) in [6.07, 6.45) is 3.40. The van der Waals surface area contributed by atoms with E-state index in [0.717, 1.165) is 16.9 Å². The first-order valence-corrected chi connectivity index (χ1v) is 6.01. The molecule has 2 rings (SSSR count). The number of methoxy groups -OCH3 is 2. The van der Waals surface area contributed by atoms with Gasteiger partial charge in [0.05, 0.1) is 26.0 Å². The van der Waals surface area contributed by atoms with E-state index in [1.807, 2.05) is 37.3 Å². The highest BCUT2D eigenvalue weighted by molar-refractivity contribution is 5.45. The molecule has 0 saturated carbocycles. The van der Waals surface area contributed by atoms with Gasteiger partial charge in [-0.1, -0.05) is 18.2 Å². The van der Waals surface area contributed by atoms with Gasteiger partial charge in [-0.05, 0) is 24.6 Å².